The number of aromatic nitrogens is 1. The first-order valence-corrected chi connectivity index (χ1v) is 8.44. The van der Waals surface area contributed by atoms with Crippen molar-refractivity contribution in [2.45, 2.75) is 18.2 Å². The van der Waals surface area contributed by atoms with E-state index in [9.17, 15) is 8.42 Å². The summed E-state index contributed by atoms with van der Waals surface area (Å²) in [7, 11) is -1.80. The molecule has 21 heavy (non-hydrogen) atoms. The Kier molecular flexibility index (Phi) is 3.37. The number of anilines is 1. The molecule has 1 aliphatic carbocycles. The molecule has 2 atom stereocenters. The van der Waals surface area contributed by atoms with E-state index in [0.717, 1.165) is 11.8 Å². The molecule has 1 heterocycles. The third-order valence-electron chi connectivity index (χ3n) is 4.16. The Balaban J connectivity index is 1.92. The maximum Gasteiger partial charge on any atom is 0.242 e. The highest BCUT2D eigenvalue weighted by atomic mass is 32.2. The Morgan fingerprint density at radius 1 is 1.33 bits per heavy atom. The van der Waals surface area contributed by atoms with Crippen molar-refractivity contribution >= 4 is 26.7 Å². The van der Waals surface area contributed by atoms with Gasteiger partial charge in [-0.3, -0.25) is 0 Å². The Morgan fingerprint density at radius 2 is 2.05 bits per heavy atom. The number of nitrogens with two attached hydrogens (primary N) is 1. The second-order valence-corrected chi connectivity index (χ2v) is 7.89. The van der Waals surface area contributed by atoms with Gasteiger partial charge in [0.15, 0.2) is 0 Å². The molecule has 1 fully saturated rings. The average molecular weight is 305 g/mol. The standard InChI is InChI=1S/C15H19N3O2S/c1-10-7-12(10)9-18(2)21(19,20)13-4-5-14-11(8-13)3-6-15(16)17-14/h3-6,8,10,12H,7,9H2,1-2H3,(H2,16,17). The van der Waals surface area contributed by atoms with Crippen LogP contribution in [0.5, 0.6) is 0 Å². The van der Waals surface area contributed by atoms with Crippen molar-refractivity contribution in [3.63, 3.8) is 0 Å². The number of pyridine rings is 1. The molecule has 2 N–H and O–H groups in total. The molecule has 5 nitrogen and oxygen atoms in total. The fourth-order valence-electron chi connectivity index (χ4n) is 2.54. The van der Waals surface area contributed by atoms with Crippen molar-refractivity contribution in [3.8, 4) is 0 Å². The van der Waals surface area contributed by atoms with E-state index >= 15 is 0 Å². The van der Waals surface area contributed by atoms with Gasteiger partial charge in [-0.05, 0) is 48.6 Å². The SMILES string of the molecule is CC1CC1CN(C)S(=O)(=O)c1ccc2nc(N)ccc2c1. The fourth-order valence-corrected chi connectivity index (χ4v) is 3.81. The highest BCUT2D eigenvalue weighted by molar-refractivity contribution is 7.89. The van der Waals surface area contributed by atoms with E-state index in [1.165, 1.54) is 4.31 Å². The first-order chi connectivity index (χ1) is 9.88. The summed E-state index contributed by atoms with van der Waals surface area (Å²) < 4.78 is 26.6. The van der Waals surface area contributed by atoms with E-state index in [2.05, 4.69) is 11.9 Å². The number of sulfonamides is 1. The van der Waals surface area contributed by atoms with Gasteiger partial charge in [0.2, 0.25) is 10.0 Å². The van der Waals surface area contributed by atoms with Crippen molar-refractivity contribution < 1.29 is 8.42 Å². The molecule has 3 rings (SSSR count). The molecule has 1 aromatic carbocycles. The molecule has 1 aliphatic rings. The van der Waals surface area contributed by atoms with E-state index in [1.807, 2.05) is 0 Å². The number of hydrogen-bond donors (Lipinski definition) is 1. The van der Waals surface area contributed by atoms with E-state index < -0.39 is 10.0 Å². The monoisotopic (exact) mass is 305 g/mol. The lowest BCUT2D eigenvalue weighted by molar-refractivity contribution is 0.445. The van der Waals surface area contributed by atoms with Crippen LogP contribution in [0.25, 0.3) is 10.9 Å². The summed E-state index contributed by atoms with van der Waals surface area (Å²) in [4.78, 5) is 4.48. The van der Waals surface area contributed by atoms with Crippen LogP contribution in [0.15, 0.2) is 35.2 Å². The molecule has 0 bridgehead atoms. The number of nitrogens with zero attached hydrogens (tertiary/aromatic N) is 2. The summed E-state index contributed by atoms with van der Waals surface area (Å²) in [6.45, 7) is 2.73. The normalized spacial score (nSPS) is 21.9. The molecule has 1 saturated carbocycles. The average Bonchev–Trinajstić information content (AvgIpc) is 3.13. The zero-order valence-corrected chi connectivity index (χ0v) is 13.0. The van der Waals surface area contributed by atoms with Crippen LogP contribution in [0.4, 0.5) is 5.82 Å². The highest BCUT2D eigenvalue weighted by Gasteiger charge is 2.36. The van der Waals surface area contributed by atoms with E-state index in [1.54, 1.807) is 37.4 Å². The van der Waals surface area contributed by atoms with Crippen molar-refractivity contribution in [1.29, 1.82) is 0 Å². The van der Waals surface area contributed by atoms with Crippen LogP contribution >= 0.6 is 0 Å². The van der Waals surface area contributed by atoms with Crippen LogP contribution < -0.4 is 5.73 Å². The van der Waals surface area contributed by atoms with Gasteiger partial charge in [0, 0.05) is 19.0 Å². The Morgan fingerprint density at radius 3 is 2.71 bits per heavy atom. The summed E-state index contributed by atoms with van der Waals surface area (Å²) in [5, 5.41) is 0.776. The van der Waals surface area contributed by atoms with Crippen LogP contribution in [-0.4, -0.2) is 31.3 Å². The zero-order valence-electron chi connectivity index (χ0n) is 12.2. The predicted octanol–water partition coefficient (Wildman–Crippen LogP) is 2.09. The van der Waals surface area contributed by atoms with Crippen LogP contribution in [-0.2, 0) is 10.0 Å². The lowest BCUT2D eigenvalue weighted by Gasteiger charge is -2.17. The molecule has 112 valence electrons. The van der Waals surface area contributed by atoms with Gasteiger partial charge >= 0.3 is 0 Å². The maximum atomic E-state index is 12.6. The quantitative estimate of drug-likeness (QED) is 0.938. The van der Waals surface area contributed by atoms with Gasteiger partial charge in [-0.15, -0.1) is 0 Å². The van der Waals surface area contributed by atoms with Crippen LogP contribution in [0, 0.1) is 11.8 Å². The molecule has 6 heteroatoms. The van der Waals surface area contributed by atoms with E-state index in [-0.39, 0.29) is 0 Å². The van der Waals surface area contributed by atoms with Crippen molar-refractivity contribution in [2.75, 3.05) is 19.3 Å². The van der Waals surface area contributed by atoms with Crippen molar-refractivity contribution in [2.24, 2.45) is 11.8 Å². The first-order valence-electron chi connectivity index (χ1n) is 7.00. The lowest BCUT2D eigenvalue weighted by Crippen LogP contribution is -2.29. The second kappa shape index (κ2) is 4.96. The molecule has 1 aromatic heterocycles. The van der Waals surface area contributed by atoms with Gasteiger partial charge < -0.3 is 5.73 Å². The minimum Gasteiger partial charge on any atom is -0.384 e. The van der Waals surface area contributed by atoms with E-state index in [4.69, 9.17) is 5.73 Å². The topological polar surface area (TPSA) is 76.3 Å². The van der Waals surface area contributed by atoms with Crippen molar-refractivity contribution in [3.05, 3.63) is 30.3 Å². The van der Waals surface area contributed by atoms with Crippen LogP contribution in [0.2, 0.25) is 0 Å². The smallest absolute Gasteiger partial charge is 0.242 e. The minimum absolute atomic E-state index is 0.303. The number of nitrogen functional groups attached to an aromatic ring is 1. The minimum atomic E-state index is -3.44. The zero-order chi connectivity index (χ0) is 15.2. The van der Waals surface area contributed by atoms with Crippen LogP contribution in [0.1, 0.15) is 13.3 Å². The molecule has 0 spiro atoms. The maximum absolute atomic E-state index is 12.6. The predicted molar refractivity (Wildman–Crippen MR) is 83.2 cm³/mol. The molecule has 2 aromatic rings. The number of rotatable bonds is 4. The Hall–Kier alpha value is -1.66. The number of hydrogen-bond acceptors (Lipinski definition) is 4. The third-order valence-corrected chi connectivity index (χ3v) is 5.98. The molecule has 0 aliphatic heterocycles. The summed E-state index contributed by atoms with van der Waals surface area (Å²) >= 11 is 0. The molecular formula is C15H19N3O2S. The number of fused-ring (bicyclic) bond motifs is 1. The summed E-state index contributed by atoms with van der Waals surface area (Å²) in [5.41, 5.74) is 6.33. The second-order valence-electron chi connectivity index (χ2n) is 5.85. The van der Waals surface area contributed by atoms with Gasteiger partial charge in [0.05, 0.1) is 10.4 Å². The van der Waals surface area contributed by atoms with Gasteiger partial charge in [-0.25, -0.2) is 17.7 Å². The highest BCUT2D eigenvalue weighted by Crippen LogP contribution is 2.38. The number of benzene rings is 1. The molecular weight excluding hydrogens is 286 g/mol. The summed E-state index contributed by atoms with van der Waals surface area (Å²) in [6.07, 6.45) is 1.11. The molecule has 0 radical (unpaired) electrons. The molecule has 0 saturated heterocycles. The van der Waals surface area contributed by atoms with Gasteiger partial charge in [0.1, 0.15) is 5.82 Å². The van der Waals surface area contributed by atoms with Crippen LogP contribution in [0.3, 0.4) is 0 Å². The third kappa shape index (κ3) is 2.73. The lowest BCUT2D eigenvalue weighted by atomic mass is 10.2. The first kappa shape index (κ1) is 14.3. The van der Waals surface area contributed by atoms with Gasteiger partial charge in [0.25, 0.3) is 0 Å². The largest absolute Gasteiger partial charge is 0.384 e. The Labute approximate surface area is 124 Å². The molecule has 2 unspecified atom stereocenters. The van der Waals surface area contributed by atoms with Gasteiger partial charge in [-0.2, -0.15) is 0 Å². The van der Waals surface area contributed by atoms with Gasteiger partial charge in [-0.1, -0.05) is 6.92 Å². The Bertz CT molecular complexity index is 789. The van der Waals surface area contributed by atoms with E-state index in [0.29, 0.717) is 34.6 Å². The van der Waals surface area contributed by atoms with Crippen molar-refractivity contribution in [1.82, 2.24) is 9.29 Å². The molecule has 0 amide bonds. The summed E-state index contributed by atoms with van der Waals surface area (Å²) in [6, 6.07) is 8.42. The summed E-state index contributed by atoms with van der Waals surface area (Å²) in [5.74, 6) is 1.55. The fraction of sp³-hybridized carbons (Fsp3) is 0.400.